The maximum Gasteiger partial charge on any atom is 0.387 e. The van der Waals surface area contributed by atoms with E-state index in [1.165, 1.54) is 24.3 Å². The van der Waals surface area contributed by atoms with Crippen LogP contribution in [0, 0.1) is 5.41 Å². The minimum absolute atomic E-state index is 0.0302. The SMILES string of the molecule is O=S(=O)(c1ccc(OC(F)F)cc1)N1[C@@H]2CC[C@H]1CC1(C2)CN(C2CCOCC2)C1. The molecule has 5 rings (SSSR count). The van der Waals surface area contributed by atoms with Crippen molar-refractivity contribution in [3.63, 3.8) is 0 Å². The molecule has 0 unspecified atom stereocenters. The van der Waals surface area contributed by atoms with E-state index in [2.05, 4.69) is 9.64 Å². The third kappa shape index (κ3) is 3.63. The minimum Gasteiger partial charge on any atom is -0.435 e. The monoisotopic (exact) mass is 442 g/mol. The number of hydrogen-bond donors (Lipinski definition) is 0. The smallest absolute Gasteiger partial charge is 0.387 e. The Morgan fingerprint density at radius 3 is 2.13 bits per heavy atom. The number of sulfonamides is 1. The van der Waals surface area contributed by atoms with Gasteiger partial charge in [0.15, 0.2) is 0 Å². The summed E-state index contributed by atoms with van der Waals surface area (Å²) in [4.78, 5) is 2.71. The Kier molecular flexibility index (Phi) is 5.28. The lowest BCUT2D eigenvalue weighted by Crippen LogP contribution is -2.65. The second-order valence-corrected chi connectivity index (χ2v) is 11.1. The van der Waals surface area contributed by atoms with E-state index in [1.54, 1.807) is 4.31 Å². The Bertz CT molecular complexity index is 851. The first kappa shape index (κ1) is 20.6. The van der Waals surface area contributed by atoms with Crippen molar-refractivity contribution < 1.29 is 26.7 Å². The molecule has 0 saturated carbocycles. The predicted octanol–water partition coefficient (Wildman–Crippen LogP) is 3.08. The van der Waals surface area contributed by atoms with Gasteiger partial charge in [-0.05, 0) is 68.2 Å². The lowest BCUT2D eigenvalue weighted by Gasteiger charge is -2.58. The van der Waals surface area contributed by atoms with Crippen LogP contribution in [0.4, 0.5) is 8.78 Å². The third-order valence-electron chi connectivity index (χ3n) is 7.30. The number of piperidine rings is 1. The summed E-state index contributed by atoms with van der Waals surface area (Å²) in [5.74, 6) is -0.0350. The molecule has 0 amide bonds. The molecule has 6 nitrogen and oxygen atoms in total. The molecule has 2 atom stereocenters. The number of alkyl halides is 2. The lowest BCUT2D eigenvalue weighted by molar-refractivity contribution is -0.0955. The highest BCUT2D eigenvalue weighted by atomic mass is 32.2. The Morgan fingerprint density at radius 1 is 0.967 bits per heavy atom. The van der Waals surface area contributed by atoms with Crippen molar-refractivity contribution in [3.05, 3.63) is 24.3 Å². The minimum atomic E-state index is -3.65. The van der Waals surface area contributed by atoms with Gasteiger partial charge in [-0.15, -0.1) is 0 Å². The van der Waals surface area contributed by atoms with Crippen molar-refractivity contribution >= 4 is 10.0 Å². The van der Waals surface area contributed by atoms with Crippen molar-refractivity contribution in [1.82, 2.24) is 9.21 Å². The average Bonchev–Trinajstić information content (AvgIpc) is 2.99. The molecule has 9 heteroatoms. The van der Waals surface area contributed by atoms with Crippen LogP contribution in [0.1, 0.15) is 38.5 Å². The standard InChI is InChI=1S/C21H28F2N2O4S/c22-20(23)29-18-3-5-19(6-4-18)30(26,27)25-16-1-2-17(25)12-21(11-16)13-24(14-21)15-7-9-28-10-8-15/h3-6,15-17,20H,1-2,7-14H2/t16-,17+. The molecule has 2 bridgehead atoms. The zero-order valence-corrected chi connectivity index (χ0v) is 17.7. The number of likely N-dealkylation sites (tertiary alicyclic amines) is 1. The molecule has 4 aliphatic rings. The van der Waals surface area contributed by atoms with Gasteiger partial charge in [-0.1, -0.05) is 0 Å². The summed E-state index contributed by atoms with van der Waals surface area (Å²) in [5.41, 5.74) is 0.241. The quantitative estimate of drug-likeness (QED) is 0.702. The summed E-state index contributed by atoms with van der Waals surface area (Å²) in [7, 11) is -3.65. The lowest BCUT2D eigenvalue weighted by atomic mass is 9.69. The molecule has 0 aromatic heterocycles. The van der Waals surface area contributed by atoms with Crippen LogP contribution in [-0.2, 0) is 14.8 Å². The van der Waals surface area contributed by atoms with Gasteiger partial charge >= 0.3 is 6.61 Å². The molecule has 166 valence electrons. The number of nitrogens with zero attached hydrogens (tertiary/aromatic N) is 2. The van der Waals surface area contributed by atoms with E-state index in [9.17, 15) is 17.2 Å². The third-order valence-corrected chi connectivity index (χ3v) is 9.32. The molecule has 0 aliphatic carbocycles. The topological polar surface area (TPSA) is 59.1 Å². The van der Waals surface area contributed by atoms with Crippen LogP contribution in [0.25, 0.3) is 0 Å². The Balaban J connectivity index is 1.27. The molecule has 0 N–H and O–H groups in total. The van der Waals surface area contributed by atoms with E-state index in [-0.39, 0.29) is 28.1 Å². The first-order valence-corrected chi connectivity index (χ1v) is 12.2. The molecular weight excluding hydrogens is 414 g/mol. The fourth-order valence-corrected chi connectivity index (χ4v) is 7.96. The van der Waals surface area contributed by atoms with Gasteiger partial charge in [0.2, 0.25) is 10.0 Å². The molecular formula is C21H28F2N2O4S. The van der Waals surface area contributed by atoms with Crippen LogP contribution in [0.2, 0.25) is 0 Å². The second kappa shape index (κ2) is 7.69. The van der Waals surface area contributed by atoms with Gasteiger partial charge in [0.1, 0.15) is 5.75 Å². The second-order valence-electron chi connectivity index (χ2n) is 9.23. The first-order valence-electron chi connectivity index (χ1n) is 10.8. The van der Waals surface area contributed by atoms with Crippen LogP contribution in [0.3, 0.4) is 0 Å². The highest BCUT2D eigenvalue weighted by molar-refractivity contribution is 7.89. The zero-order chi connectivity index (χ0) is 20.9. The Morgan fingerprint density at radius 2 is 1.57 bits per heavy atom. The van der Waals surface area contributed by atoms with E-state index in [4.69, 9.17) is 4.74 Å². The number of halogens is 2. The number of rotatable bonds is 5. The van der Waals surface area contributed by atoms with Gasteiger partial charge in [-0.25, -0.2) is 8.42 Å². The summed E-state index contributed by atoms with van der Waals surface area (Å²) in [5, 5.41) is 0. The summed E-state index contributed by atoms with van der Waals surface area (Å²) in [6.45, 7) is 0.889. The number of benzene rings is 1. The van der Waals surface area contributed by atoms with Crippen molar-refractivity contribution in [2.45, 2.75) is 68.2 Å². The van der Waals surface area contributed by atoms with Gasteiger partial charge in [-0.3, -0.25) is 4.90 Å². The number of hydrogen-bond acceptors (Lipinski definition) is 5. The van der Waals surface area contributed by atoms with E-state index in [0.717, 1.165) is 64.8 Å². The zero-order valence-electron chi connectivity index (χ0n) is 16.9. The summed E-state index contributed by atoms with van der Waals surface area (Å²) < 4.78 is 62.9. The Labute approximate surface area is 176 Å². The predicted molar refractivity (Wildman–Crippen MR) is 106 cm³/mol. The van der Waals surface area contributed by atoms with Gasteiger partial charge in [0.25, 0.3) is 0 Å². The van der Waals surface area contributed by atoms with Gasteiger partial charge in [-0.2, -0.15) is 13.1 Å². The summed E-state index contributed by atoms with van der Waals surface area (Å²) >= 11 is 0. The molecule has 1 aromatic carbocycles. The van der Waals surface area contributed by atoms with E-state index < -0.39 is 16.6 Å². The van der Waals surface area contributed by atoms with Gasteiger partial charge in [0.05, 0.1) is 4.90 Å². The highest BCUT2D eigenvalue weighted by Gasteiger charge is 2.57. The number of ether oxygens (including phenoxy) is 2. The van der Waals surface area contributed by atoms with E-state index in [0.29, 0.717) is 6.04 Å². The van der Waals surface area contributed by atoms with Gasteiger partial charge < -0.3 is 9.47 Å². The normalized spacial score (nSPS) is 30.0. The summed E-state index contributed by atoms with van der Waals surface area (Å²) in [6, 6.07) is 6.00. The maximum atomic E-state index is 13.3. The molecule has 4 heterocycles. The van der Waals surface area contributed by atoms with Crippen LogP contribution in [0.5, 0.6) is 5.75 Å². The van der Waals surface area contributed by atoms with Gasteiger partial charge in [0, 0.05) is 44.4 Å². The van der Waals surface area contributed by atoms with Crippen molar-refractivity contribution in [3.8, 4) is 5.75 Å². The van der Waals surface area contributed by atoms with Crippen molar-refractivity contribution in [1.29, 1.82) is 0 Å². The molecule has 1 aromatic rings. The molecule has 4 aliphatic heterocycles. The van der Waals surface area contributed by atoms with Crippen LogP contribution in [-0.4, -0.2) is 68.7 Å². The molecule has 0 radical (unpaired) electrons. The molecule has 4 fully saturated rings. The molecule has 30 heavy (non-hydrogen) atoms. The van der Waals surface area contributed by atoms with Crippen LogP contribution in [0.15, 0.2) is 29.2 Å². The first-order chi connectivity index (χ1) is 14.4. The fourth-order valence-electron chi connectivity index (χ4n) is 6.09. The van der Waals surface area contributed by atoms with Crippen molar-refractivity contribution in [2.24, 2.45) is 5.41 Å². The average molecular weight is 443 g/mol. The van der Waals surface area contributed by atoms with Crippen molar-refractivity contribution in [2.75, 3.05) is 26.3 Å². The number of fused-ring (bicyclic) bond motifs is 2. The highest BCUT2D eigenvalue weighted by Crippen LogP contribution is 2.52. The maximum absolute atomic E-state index is 13.3. The summed E-state index contributed by atoms with van der Waals surface area (Å²) in [6.07, 6.45) is 5.80. The van der Waals surface area contributed by atoms with Crippen LogP contribution >= 0.6 is 0 Å². The van der Waals surface area contributed by atoms with Crippen LogP contribution < -0.4 is 4.74 Å². The largest absolute Gasteiger partial charge is 0.435 e. The molecule has 4 saturated heterocycles. The Hall–Kier alpha value is -1.29. The van der Waals surface area contributed by atoms with E-state index >= 15 is 0 Å². The van der Waals surface area contributed by atoms with E-state index in [1.807, 2.05) is 0 Å². The fraction of sp³-hybridized carbons (Fsp3) is 0.714. The molecule has 1 spiro atoms.